The summed E-state index contributed by atoms with van der Waals surface area (Å²) in [6.07, 6.45) is 0.885. The van der Waals surface area contributed by atoms with E-state index in [1.54, 1.807) is 26.0 Å². The van der Waals surface area contributed by atoms with Gasteiger partial charge < -0.3 is 48.5 Å². The number of carbonyl (C=O) groups excluding carboxylic acids is 3. The van der Waals surface area contributed by atoms with Gasteiger partial charge in [-0.1, -0.05) is 19.9 Å². The lowest BCUT2D eigenvalue weighted by Crippen LogP contribution is -2.62. The van der Waals surface area contributed by atoms with Crippen LogP contribution in [0, 0.1) is 5.41 Å². The van der Waals surface area contributed by atoms with Crippen LogP contribution in [0.3, 0.4) is 0 Å². The zero-order valence-corrected chi connectivity index (χ0v) is 26.7. The first-order valence-electron chi connectivity index (χ1n) is 15.8. The Morgan fingerprint density at radius 2 is 1.76 bits per heavy atom. The van der Waals surface area contributed by atoms with Crippen LogP contribution in [0.5, 0.6) is 0 Å². The van der Waals surface area contributed by atoms with E-state index in [0.29, 0.717) is 19.4 Å². The van der Waals surface area contributed by atoms with Gasteiger partial charge >= 0.3 is 17.9 Å². The van der Waals surface area contributed by atoms with Crippen molar-refractivity contribution in [2.75, 3.05) is 13.7 Å². The Morgan fingerprint density at radius 1 is 1.07 bits per heavy atom. The number of methoxy groups -OCH3 is 1. The maximum absolute atomic E-state index is 13.0. The number of ether oxygens (including phenoxy) is 7. The molecule has 254 valence electrons. The Labute approximate surface area is 263 Å². The van der Waals surface area contributed by atoms with Crippen molar-refractivity contribution in [3.63, 3.8) is 0 Å². The van der Waals surface area contributed by atoms with Gasteiger partial charge in [0, 0.05) is 25.2 Å². The minimum Gasteiger partial charge on any atom is -0.466 e. The van der Waals surface area contributed by atoms with Gasteiger partial charge in [0.25, 0.3) is 0 Å². The predicted octanol–water partition coefficient (Wildman–Crippen LogP) is 1.98. The van der Waals surface area contributed by atoms with Crippen molar-refractivity contribution < 1.29 is 62.9 Å². The van der Waals surface area contributed by atoms with Crippen LogP contribution in [0.15, 0.2) is 23.8 Å². The normalized spacial score (nSPS) is 39.3. The van der Waals surface area contributed by atoms with E-state index in [-0.39, 0.29) is 43.1 Å². The number of hydrogen-bond acceptors (Lipinski definition) is 13. The number of aliphatic hydroxyl groups is 3. The molecule has 6 bridgehead atoms. The van der Waals surface area contributed by atoms with E-state index >= 15 is 0 Å². The van der Waals surface area contributed by atoms with Crippen molar-refractivity contribution in [2.45, 2.75) is 140 Å². The van der Waals surface area contributed by atoms with Gasteiger partial charge in [0.15, 0.2) is 12.4 Å². The Bertz CT molecular complexity index is 1120. The number of hydrogen-bond donors (Lipinski definition) is 3. The Hall–Kier alpha value is -2.39. The third-order valence-corrected chi connectivity index (χ3v) is 8.87. The summed E-state index contributed by atoms with van der Waals surface area (Å²) in [5, 5.41) is 33.5. The molecule has 0 saturated carbocycles. The van der Waals surface area contributed by atoms with E-state index in [1.807, 2.05) is 0 Å². The molecule has 2 unspecified atom stereocenters. The fraction of sp³-hybridized carbons (Fsp3) is 0.781. The summed E-state index contributed by atoms with van der Waals surface area (Å²) in [5.74, 6) is -4.73. The molecule has 13 nitrogen and oxygen atoms in total. The summed E-state index contributed by atoms with van der Waals surface area (Å²) in [4.78, 5) is 38.1. The summed E-state index contributed by atoms with van der Waals surface area (Å²) in [5.41, 5.74) is -1.53. The molecule has 0 radical (unpaired) electrons. The van der Waals surface area contributed by atoms with E-state index in [1.165, 1.54) is 13.0 Å². The van der Waals surface area contributed by atoms with Gasteiger partial charge in [0.05, 0.1) is 62.3 Å². The van der Waals surface area contributed by atoms with Crippen molar-refractivity contribution >= 4 is 17.9 Å². The molecule has 13 heteroatoms. The fourth-order valence-corrected chi connectivity index (χ4v) is 6.35. The molecule has 0 spiro atoms. The lowest BCUT2D eigenvalue weighted by atomic mass is 9.75. The van der Waals surface area contributed by atoms with E-state index in [9.17, 15) is 29.7 Å². The largest absolute Gasteiger partial charge is 0.466 e. The molecule has 0 amide bonds. The highest BCUT2D eigenvalue weighted by Crippen LogP contribution is 2.45. The molecular formula is C32H48O13. The second-order valence-electron chi connectivity index (χ2n) is 13.0. The highest BCUT2D eigenvalue weighted by atomic mass is 16.7. The molecule has 0 aromatic rings. The average molecular weight is 641 g/mol. The minimum atomic E-state index is -2.35. The highest BCUT2D eigenvalue weighted by molar-refractivity contribution is 5.90. The predicted molar refractivity (Wildman–Crippen MR) is 156 cm³/mol. The zero-order valence-electron chi connectivity index (χ0n) is 26.7. The van der Waals surface area contributed by atoms with Crippen molar-refractivity contribution in [1.82, 2.24) is 0 Å². The van der Waals surface area contributed by atoms with Gasteiger partial charge in [-0.2, -0.15) is 0 Å². The third-order valence-electron chi connectivity index (χ3n) is 8.87. The zero-order chi connectivity index (χ0) is 32.9. The van der Waals surface area contributed by atoms with E-state index in [2.05, 4.69) is 0 Å². The summed E-state index contributed by atoms with van der Waals surface area (Å²) in [7, 11) is 1.15. The summed E-state index contributed by atoms with van der Waals surface area (Å²) in [6, 6.07) is 0. The molecule has 3 N–H and O–H groups in total. The van der Waals surface area contributed by atoms with Crippen LogP contribution in [0.2, 0.25) is 0 Å². The van der Waals surface area contributed by atoms with Crippen LogP contribution >= 0.6 is 0 Å². The van der Waals surface area contributed by atoms with Crippen molar-refractivity contribution in [3.8, 4) is 0 Å². The number of rotatable bonds is 3. The van der Waals surface area contributed by atoms with Crippen molar-refractivity contribution in [3.05, 3.63) is 23.8 Å². The number of carbonyl (C=O) groups is 3. The molecule has 2 saturated heterocycles. The maximum Gasteiger partial charge on any atom is 0.337 e. The molecule has 4 rings (SSSR count). The Kier molecular flexibility index (Phi) is 11.8. The molecule has 4 aliphatic rings. The molecule has 10 atom stereocenters. The smallest absolute Gasteiger partial charge is 0.337 e. The molecule has 0 aliphatic carbocycles. The minimum absolute atomic E-state index is 0.0846. The van der Waals surface area contributed by atoms with Gasteiger partial charge in [-0.05, 0) is 51.2 Å². The van der Waals surface area contributed by atoms with E-state index in [0.717, 1.165) is 33.3 Å². The average Bonchev–Trinajstić information content (AvgIpc) is 2.96. The van der Waals surface area contributed by atoms with Crippen molar-refractivity contribution in [2.24, 2.45) is 5.41 Å². The monoisotopic (exact) mass is 640 g/mol. The first-order valence-corrected chi connectivity index (χ1v) is 15.8. The second-order valence-corrected chi connectivity index (χ2v) is 13.0. The lowest BCUT2D eigenvalue weighted by molar-refractivity contribution is -0.314. The summed E-state index contributed by atoms with van der Waals surface area (Å²) < 4.78 is 40.5. The molecule has 45 heavy (non-hydrogen) atoms. The number of aliphatic hydroxyl groups excluding tert-OH is 2. The Morgan fingerprint density at radius 3 is 2.42 bits per heavy atom. The lowest BCUT2D eigenvalue weighted by Gasteiger charge is -2.49. The highest BCUT2D eigenvalue weighted by Gasteiger charge is 2.58. The molecular weight excluding hydrogens is 592 g/mol. The molecule has 4 heterocycles. The molecule has 0 aromatic heterocycles. The number of fused-ring (bicyclic) bond motifs is 6. The van der Waals surface area contributed by atoms with Gasteiger partial charge in [0.1, 0.15) is 6.10 Å². The third kappa shape index (κ3) is 8.91. The summed E-state index contributed by atoms with van der Waals surface area (Å²) in [6.45, 7) is 6.26. The van der Waals surface area contributed by atoms with Crippen LogP contribution in [0.25, 0.3) is 0 Å². The Balaban J connectivity index is 1.73. The number of cyclic esters (lactones) is 1. The molecule has 0 aromatic carbocycles. The molecule has 4 aliphatic heterocycles. The SMILES string of the molecule is COC(=O)C1=CC2C[C@H]([C@@H](C)O)OC(=O)C[C@H](O)C[C@@H]3CCC[C@H](C[C@@H]4CCO[C@H](/C=C/C(C)(C)C(O)(O2)[C@H]1OC(C)=O)O4)O3. The van der Waals surface area contributed by atoms with Crippen LogP contribution in [0.1, 0.15) is 79.1 Å². The van der Waals surface area contributed by atoms with E-state index < -0.39 is 65.9 Å². The van der Waals surface area contributed by atoms with Gasteiger partial charge in [-0.3, -0.25) is 9.59 Å². The summed E-state index contributed by atoms with van der Waals surface area (Å²) >= 11 is 0. The maximum atomic E-state index is 13.0. The van der Waals surface area contributed by atoms with Crippen LogP contribution in [-0.4, -0.2) is 108 Å². The van der Waals surface area contributed by atoms with Crippen molar-refractivity contribution in [1.29, 1.82) is 0 Å². The first-order chi connectivity index (χ1) is 21.2. The molecule has 2 fully saturated rings. The second kappa shape index (κ2) is 15.0. The van der Waals surface area contributed by atoms with Gasteiger partial charge in [-0.25, -0.2) is 4.79 Å². The quantitative estimate of drug-likeness (QED) is 0.232. The topological polar surface area (TPSA) is 177 Å². The van der Waals surface area contributed by atoms with Crippen LogP contribution < -0.4 is 0 Å². The van der Waals surface area contributed by atoms with Gasteiger partial charge in [-0.15, -0.1) is 0 Å². The van der Waals surface area contributed by atoms with Gasteiger partial charge in [0.2, 0.25) is 5.79 Å². The number of esters is 3. The van der Waals surface area contributed by atoms with Crippen LogP contribution in [0.4, 0.5) is 0 Å². The fourth-order valence-electron chi connectivity index (χ4n) is 6.35. The van der Waals surface area contributed by atoms with E-state index in [4.69, 9.17) is 33.2 Å². The first kappa shape index (κ1) is 35.5. The van der Waals surface area contributed by atoms with Crippen LogP contribution in [-0.2, 0) is 47.5 Å². The standard InChI is InChI=1S/C32H48O13/c1-18(33)26-17-24-16-25(30(37)39-5)29(41-19(2)34)32(38,45-24)31(3,4)11-9-28-40-12-10-23(43-28)15-22-8-6-7-21(42-22)13-20(35)14-27(36)44-26/h9,11,16,18,20-24,26,28-29,33,35,38H,6-8,10,12-15,17H2,1-5H3/b11-9+/t18-,20-,21+,22-,23+,24?,26-,28+,29+,32?/m1/s1.